The summed E-state index contributed by atoms with van der Waals surface area (Å²) in [6.07, 6.45) is 3.82. The Morgan fingerprint density at radius 1 is 1.09 bits per heavy atom. The Kier molecular flexibility index (Phi) is 7.65. The summed E-state index contributed by atoms with van der Waals surface area (Å²) in [5.41, 5.74) is 2.60. The fourth-order valence-corrected chi connectivity index (χ4v) is 5.10. The highest BCUT2D eigenvalue weighted by atomic mass is 35.5. The zero-order chi connectivity index (χ0) is 23.4. The maximum atomic E-state index is 13.1. The van der Waals surface area contributed by atoms with Gasteiger partial charge in [0.1, 0.15) is 6.61 Å². The molecule has 0 saturated carbocycles. The SMILES string of the molecule is COc1cc(/C=C2/SC(=S)N(c3cccc(SC)c3)C2=O)ccc1OCc1ccc(Cl)cc1. The van der Waals surface area contributed by atoms with E-state index in [-0.39, 0.29) is 5.91 Å². The van der Waals surface area contributed by atoms with E-state index in [2.05, 4.69) is 0 Å². The minimum atomic E-state index is -0.134. The van der Waals surface area contributed by atoms with Gasteiger partial charge in [0.15, 0.2) is 15.8 Å². The summed E-state index contributed by atoms with van der Waals surface area (Å²) in [5.74, 6) is 1.07. The van der Waals surface area contributed by atoms with Gasteiger partial charge in [0, 0.05) is 9.92 Å². The van der Waals surface area contributed by atoms with Crippen LogP contribution in [0.25, 0.3) is 6.08 Å². The van der Waals surface area contributed by atoms with E-state index in [9.17, 15) is 4.79 Å². The van der Waals surface area contributed by atoms with E-state index in [0.29, 0.717) is 32.4 Å². The number of hydrogen-bond donors (Lipinski definition) is 0. The molecule has 0 N–H and O–H groups in total. The normalized spacial score (nSPS) is 14.8. The largest absolute Gasteiger partial charge is 0.493 e. The molecular weight excluding hydrogens is 494 g/mol. The van der Waals surface area contributed by atoms with E-state index < -0.39 is 0 Å². The number of carbonyl (C=O) groups is 1. The molecule has 1 heterocycles. The van der Waals surface area contributed by atoms with Crippen LogP contribution < -0.4 is 14.4 Å². The number of anilines is 1. The van der Waals surface area contributed by atoms with Crippen LogP contribution in [-0.4, -0.2) is 23.6 Å². The van der Waals surface area contributed by atoms with Crippen LogP contribution in [0.2, 0.25) is 5.02 Å². The summed E-state index contributed by atoms with van der Waals surface area (Å²) in [7, 11) is 1.59. The first kappa shape index (κ1) is 23.7. The second kappa shape index (κ2) is 10.7. The number of carbonyl (C=O) groups excluding carboxylic acids is 1. The van der Waals surface area contributed by atoms with Crippen molar-refractivity contribution in [3.8, 4) is 11.5 Å². The Morgan fingerprint density at radius 3 is 2.61 bits per heavy atom. The third kappa shape index (κ3) is 5.55. The molecule has 3 aromatic rings. The molecule has 1 saturated heterocycles. The van der Waals surface area contributed by atoms with Gasteiger partial charge in [0.05, 0.1) is 17.7 Å². The van der Waals surface area contributed by atoms with Crippen LogP contribution in [-0.2, 0) is 11.4 Å². The summed E-state index contributed by atoms with van der Waals surface area (Å²) in [6.45, 7) is 0.390. The molecule has 0 radical (unpaired) electrons. The number of rotatable bonds is 7. The second-order valence-corrected chi connectivity index (χ2v) is 10.0. The molecule has 168 valence electrons. The molecule has 3 aromatic carbocycles. The van der Waals surface area contributed by atoms with Crippen molar-refractivity contribution in [2.24, 2.45) is 0 Å². The number of ether oxygens (including phenoxy) is 2. The summed E-state index contributed by atoms with van der Waals surface area (Å²) in [6, 6.07) is 20.9. The lowest BCUT2D eigenvalue weighted by molar-refractivity contribution is -0.113. The molecular formula is C25H20ClNO3S3. The lowest BCUT2D eigenvalue weighted by Gasteiger charge is -2.15. The fourth-order valence-electron chi connectivity index (χ4n) is 3.23. The lowest BCUT2D eigenvalue weighted by atomic mass is 10.1. The quantitative estimate of drug-likeness (QED) is 0.191. The molecule has 4 rings (SSSR count). The van der Waals surface area contributed by atoms with Crippen LogP contribution in [0.4, 0.5) is 5.69 Å². The number of methoxy groups -OCH3 is 1. The second-order valence-electron chi connectivity index (χ2n) is 7.04. The Labute approximate surface area is 211 Å². The van der Waals surface area contributed by atoms with Crippen molar-refractivity contribution >= 4 is 69.3 Å². The first-order valence-electron chi connectivity index (χ1n) is 9.96. The summed E-state index contributed by atoms with van der Waals surface area (Å²) in [4.78, 5) is 16.3. The zero-order valence-corrected chi connectivity index (χ0v) is 21.1. The third-order valence-electron chi connectivity index (χ3n) is 4.90. The Hall–Kier alpha value is -2.45. The molecule has 33 heavy (non-hydrogen) atoms. The van der Waals surface area contributed by atoms with Gasteiger partial charge in [-0.15, -0.1) is 11.8 Å². The molecule has 1 amide bonds. The third-order valence-corrected chi connectivity index (χ3v) is 7.18. The van der Waals surface area contributed by atoms with Gasteiger partial charge < -0.3 is 9.47 Å². The number of thioether (sulfide) groups is 2. The highest BCUT2D eigenvalue weighted by Gasteiger charge is 2.33. The summed E-state index contributed by atoms with van der Waals surface area (Å²) >= 11 is 14.3. The topological polar surface area (TPSA) is 38.8 Å². The Bertz CT molecular complexity index is 1230. The minimum Gasteiger partial charge on any atom is -0.493 e. The first-order chi connectivity index (χ1) is 16.0. The molecule has 0 unspecified atom stereocenters. The molecule has 0 spiro atoms. The van der Waals surface area contributed by atoms with E-state index in [0.717, 1.165) is 21.7 Å². The molecule has 0 atom stereocenters. The number of benzene rings is 3. The van der Waals surface area contributed by atoms with E-state index in [1.54, 1.807) is 23.8 Å². The number of amides is 1. The van der Waals surface area contributed by atoms with Gasteiger partial charge in [-0.05, 0) is 65.9 Å². The smallest absolute Gasteiger partial charge is 0.270 e. The van der Waals surface area contributed by atoms with E-state index in [4.69, 9.17) is 33.3 Å². The first-order valence-corrected chi connectivity index (χ1v) is 12.8. The van der Waals surface area contributed by atoms with Crippen LogP contribution in [0, 0.1) is 0 Å². The van der Waals surface area contributed by atoms with E-state index in [1.165, 1.54) is 11.8 Å². The molecule has 1 fully saturated rings. The molecule has 0 bridgehead atoms. The molecule has 8 heteroatoms. The van der Waals surface area contributed by atoms with Crippen LogP contribution in [0.15, 0.2) is 76.5 Å². The van der Waals surface area contributed by atoms with Crippen molar-refractivity contribution < 1.29 is 14.3 Å². The zero-order valence-electron chi connectivity index (χ0n) is 17.9. The van der Waals surface area contributed by atoms with Gasteiger partial charge in [0.25, 0.3) is 5.91 Å². The Balaban J connectivity index is 1.52. The van der Waals surface area contributed by atoms with Gasteiger partial charge in [-0.3, -0.25) is 9.69 Å². The van der Waals surface area contributed by atoms with Crippen LogP contribution in [0.1, 0.15) is 11.1 Å². The van der Waals surface area contributed by atoms with Gasteiger partial charge in [0.2, 0.25) is 0 Å². The predicted molar refractivity (Wildman–Crippen MR) is 143 cm³/mol. The van der Waals surface area contributed by atoms with Crippen LogP contribution in [0.3, 0.4) is 0 Å². The Morgan fingerprint density at radius 2 is 1.88 bits per heavy atom. The number of halogens is 1. The summed E-state index contributed by atoms with van der Waals surface area (Å²) in [5, 5.41) is 0.683. The number of hydrogen-bond acceptors (Lipinski definition) is 6. The highest BCUT2D eigenvalue weighted by molar-refractivity contribution is 8.27. The number of thiocarbonyl (C=S) groups is 1. The maximum absolute atomic E-state index is 13.1. The van der Waals surface area contributed by atoms with Crippen molar-refractivity contribution in [1.82, 2.24) is 0 Å². The van der Waals surface area contributed by atoms with Crippen molar-refractivity contribution in [3.05, 3.63) is 87.8 Å². The van der Waals surface area contributed by atoms with Gasteiger partial charge in [-0.25, -0.2) is 0 Å². The average molecular weight is 514 g/mol. The standard InChI is InChI=1S/C25H20ClNO3S3/c1-29-22-12-17(8-11-21(22)30-15-16-6-9-18(26)10-7-16)13-23-24(28)27(25(31)33-23)19-4-3-5-20(14-19)32-2/h3-14H,15H2,1-2H3/b23-13+. The molecule has 1 aliphatic heterocycles. The fraction of sp³-hybridized carbons (Fsp3) is 0.120. The van der Waals surface area contributed by atoms with Gasteiger partial charge in [-0.2, -0.15) is 0 Å². The van der Waals surface area contributed by atoms with Gasteiger partial charge in [-0.1, -0.05) is 59.8 Å². The average Bonchev–Trinajstić information content (AvgIpc) is 3.11. The molecule has 1 aliphatic rings. The summed E-state index contributed by atoms with van der Waals surface area (Å²) < 4.78 is 12.0. The monoisotopic (exact) mass is 513 g/mol. The molecule has 0 aliphatic carbocycles. The number of nitrogens with zero attached hydrogens (tertiary/aromatic N) is 1. The van der Waals surface area contributed by atoms with E-state index in [1.807, 2.05) is 79.1 Å². The van der Waals surface area contributed by atoms with Crippen molar-refractivity contribution in [1.29, 1.82) is 0 Å². The lowest BCUT2D eigenvalue weighted by Crippen LogP contribution is -2.27. The minimum absolute atomic E-state index is 0.134. The van der Waals surface area contributed by atoms with E-state index >= 15 is 0 Å². The maximum Gasteiger partial charge on any atom is 0.270 e. The van der Waals surface area contributed by atoms with Crippen LogP contribution >= 0.6 is 47.3 Å². The molecule has 4 nitrogen and oxygen atoms in total. The molecule has 0 aromatic heterocycles. The predicted octanol–water partition coefficient (Wildman–Crippen LogP) is 7.06. The van der Waals surface area contributed by atoms with Gasteiger partial charge >= 0.3 is 0 Å². The van der Waals surface area contributed by atoms with Crippen molar-refractivity contribution in [2.75, 3.05) is 18.3 Å². The van der Waals surface area contributed by atoms with Crippen molar-refractivity contribution in [3.63, 3.8) is 0 Å². The van der Waals surface area contributed by atoms with Crippen molar-refractivity contribution in [2.45, 2.75) is 11.5 Å². The highest BCUT2D eigenvalue weighted by Crippen LogP contribution is 2.38. The van der Waals surface area contributed by atoms with Crippen LogP contribution in [0.5, 0.6) is 11.5 Å².